The number of anilines is 1. The third kappa shape index (κ3) is 2.32. The molecule has 76 valence electrons. The first-order chi connectivity index (χ1) is 6.65. The van der Waals surface area contributed by atoms with E-state index < -0.39 is 16.2 Å². The van der Waals surface area contributed by atoms with Crippen molar-refractivity contribution in [2.75, 3.05) is 11.9 Å². The summed E-state index contributed by atoms with van der Waals surface area (Å²) >= 11 is 0. The van der Waals surface area contributed by atoms with Gasteiger partial charge in [-0.2, -0.15) is 0 Å². The number of hydrogen-bond acceptors (Lipinski definition) is 4. The zero-order valence-corrected chi connectivity index (χ0v) is 7.74. The van der Waals surface area contributed by atoms with E-state index in [0.29, 0.717) is 12.4 Å². The van der Waals surface area contributed by atoms with Crippen molar-refractivity contribution in [1.82, 2.24) is 4.98 Å². The van der Waals surface area contributed by atoms with Gasteiger partial charge in [-0.3, -0.25) is 14.9 Å². The number of rotatable bonds is 4. The fraction of sp³-hybridized carbons (Fsp3) is 0.375. The van der Waals surface area contributed by atoms with Crippen LogP contribution in [0.1, 0.15) is 13.3 Å². The van der Waals surface area contributed by atoms with Crippen molar-refractivity contribution in [1.29, 1.82) is 0 Å². The molecule has 0 atom stereocenters. The quantitative estimate of drug-likeness (QED) is 0.559. The summed E-state index contributed by atoms with van der Waals surface area (Å²) in [6.07, 6.45) is 0.916. The molecule has 0 aromatic carbocycles. The number of pyridine rings is 1. The summed E-state index contributed by atoms with van der Waals surface area (Å²) in [7, 11) is 0. The number of nitro groups is 1. The van der Waals surface area contributed by atoms with Gasteiger partial charge in [-0.15, -0.1) is 0 Å². The van der Waals surface area contributed by atoms with Gasteiger partial charge in [0.25, 0.3) is 0 Å². The van der Waals surface area contributed by atoms with E-state index in [9.17, 15) is 14.9 Å². The third-order valence-electron chi connectivity index (χ3n) is 1.65. The lowest BCUT2D eigenvalue weighted by Crippen LogP contribution is -2.14. The molecule has 6 heteroatoms. The molecule has 1 aromatic rings. The van der Waals surface area contributed by atoms with Gasteiger partial charge < -0.3 is 10.3 Å². The van der Waals surface area contributed by atoms with Crippen molar-refractivity contribution in [3.8, 4) is 0 Å². The summed E-state index contributed by atoms with van der Waals surface area (Å²) in [5.41, 5.74) is -1.12. The summed E-state index contributed by atoms with van der Waals surface area (Å²) in [5.74, 6) is 0.502. The summed E-state index contributed by atoms with van der Waals surface area (Å²) in [6, 6.07) is 2.67. The summed E-state index contributed by atoms with van der Waals surface area (Å²) in [6.45, 7) is 2.70. The van der Waals surface area contributed by atoms with Crippen molar-refractivity contribution >= 4 is 11.5 Å². The van der Waals surface area contributed by atoms with Gasteiger partial charge in [0.2, 0.25) is 0 Å². The Kier molecular flexibility index (Phi) is 3.22. The molecule has 0 saturated heterocycles. The normalized spacial score (nSPS) is 9.79. The number of aromatic nitrogens is 1. The maximum absolute atomic E-state index is 11.1. The molecule has 0 fully saturated rings. The van der Waals surface area contributed by atoms with Crippen LogP contribution < -0.4 is 10.9 Å². The van der Waals surface area contributed by atoms with Crippen LogP contribution in [-0.2, 0) is 0 Å². The fourth-order valence-corrected chi connectivity index (χ4v) is 0.973. The summed E-state index contributed by atoms with van der Waals surface area (Å²) in [4.78, 5) is 23.1. The monoisotopic (exact) mass is 197 g/mol. The van der Waals surface area contributed by atoms with Gasteiger partial charge in [0, 0.05) is 12.6 Å². The second-order valence-electron chi connectivity index (χ2n) is 2.77. The Morgan fingerprint density at radius 2 is 2.29 bits per heavy atom. The molecule has 0 bridgehead atoms. The second kappa shape index (κ2) is 4.40. The van der Waals surface area contributed by atoms with Crippen LogP contribution in [0.3, 0.4) is 0 Å². The topological polar surface area (TPSA) is 88.0 Å². The molecule has 0 radical (unpaired) electrons. The van der Waals surface area contributed by atoms with Crippen molar-refractivity contribution in [3.63, 3.8) is 0 Å². The van der Waals surface area contributed by atoms with E-state index in [-0.39, 0.29) is 0 Å². The Labute approximate surface area is 80.1 Å². The predicted molar refractivity (Wildman–Crippen MR) is 52.5 cm³/mol. The van der Waals surface area contributed by atoms with E-state index >= 15 is 0 Å². The number of hydrogen-bond donors (Lipinski definition) is 2. The van der Waals surface area contributed by atoms with Crippen LogP contribution in [-0.4, -0.2) is 16.5 Å². The lowest BCUT2D eigenvalue weighted by atomic mass is 10.4. The van der Waals surface area contributed by atoms with Crippen molar-refractivity contribution in [2.45, 2.75) is 13.3 Å². The minimum atomic E-state index is -0.706. The predicted octanol–water partition coefficient (Wildman–Crippen LogP) is 1.10. The average molecular weight is 197 g/mol. The SMILES string of the molecule is CCCNc1ccc([N+](=O)[O-])c(=O)[nH]1. The Morgan fingerprint density at radius 3 is 2.79 bits per heavy atom. The zero-order chi connectivity index (χ0) is 10.6. The molecule has 1 aromatic heterocycles. The van der Waals surface area contributed by atoms with Gasteiger partial charge in [0.1, 0.15) is 5.82 Å². The van der Waals surface area contributed by atoms with Gasteiger partial charge in [0.15, 0.2) is 0 Å². The van der Waals surface area contributed by atoms with Gasteiger partial charge in [-0.05, 0) is 12.5 Å². The van der Waals surface area contributed by atoms with Crippen LogP contribution in [0.4, 0.5) is 11.5 Å². The molecule has 0 aliphatic carbocycles. The molecule has 0 unspecified atom stereocenters. The first kappa shape index (κ1) is 10.2. The standard InChI is InChI=1S/C8H11N3O3/c1-2-5-9-7-4-3-6(11(13)14)8(12)10-7/h3-4H,2,5H2,1H3,(H2,9,10,12). The number of aromatic amines is 1. The van der Waals surface area contributed by atoms with Gasteiger partial charge in [-0.1, -0.05) is 6.92 Å². The molecule has 6 nitrogen and oxygen atoms in total. The van der Waals surface area contributed by atoms with E-state index in [2.05, 4.69) is 10.3 Å². The Morgan fingerprint density at radius 1 is 1.57 bits per heavy atom. The Hall–Kier alpha value is -1.85. The van der Waals surface area contributed by atoms with Crippen molar-refractivity contribution < 1.29 is 4.92 Å². The van der Waals surface area contributed by atoms with Crippen LogP contribution in [0.5, 0.6) is 0 Å². The van der Waals surface area contributed by atoms with Crippen LogP contribution in [0.2, 0.25) is 0 Å². The molecular weight excluding hydrogens is 186 g/mol. The molecule has 2 N–H and O–H groups in total. The molecule has 0 amide bonds. The molecule has 0 spiro atoms. The highest BCUT2D eigenvalue weighted by atomic mass is 16.6. The van der Waals surface area contributed by atoms with Crippen LogP contribution in [0.15, 0.2) is 16.9 Å². The maximum atomic E-state index is 11.1. The maximum Gasteiger partial charge on any atom is 0.334 e. The zero-order valence-electron chi connectivity index (χ0n) is 7.74. The first-order valence-electron chi connectivity index (χ1n) is 4.26. The van der Waals surface area contributed by atoms with E-state index in [1.807, 2.05) is 6.92 Å². The van der Waals surface area contributed by atoms with Crippen LogP contribution in [0.25, 0.3) is 0 Å². The van der Waals surface area contributed by atoms with Crippen LogP contribution in [0, 0.1) is 10.1 Å². The third-order valence-corrected chi connectivity index (χ3v) is 1.65. The first-order valence-corrected chi connectivity index (χ1v) is 4.26. The van der Waals surface area contributed by atoms with E-state index in [1.54, 1.807) is 0 Å². The molecule has 0 aliphatic rings. The van der Waals surface area contributed by atoms with Gasteiger partial charge >= 0.3 is 11.2 Å². The van der Waals surface area contributed by atoms with E-state index in [4.69, 9.17) is 0 Å². The second-order valence-corrected chi connectivity index (χ2v) is 2.77. The minimum absolute atomic E-state index is 0.438. The number of H-pyrrole nitrogens is 1. The highest BCUT2D eigenvalue weighted by molar-refractivity contribution is 5.39. The molecule has 14 heavy (non-hydrogen) atoms. The summed E-state index contributed by atoms with van der Waals surface area (Å²) in [5, 5.41) is 13.2. The van der Waals surface area contributed by atoms with Gasteiger partial charge in [-0.25, -0.2) is 0 Å². The lowest BCUT2D eigenvalue weighted by Gasteiger charge is -2.02. The molecule has 0 saturated carbocycles. The molecule has 1 heterocycles. The number of nitrogens with zero attached hydrogens (tertiary/aromatic N) is 1. The minimum Gasteiger partial charge on any atom is -0.372 e. The summed E-state index contributed by atoms with van der Waals surface area (Å²) < 4.78 is 0. The Bertz CT molecular complexity index is 386. The smallest absolute Gasteiger partial charge is 0.334 e. The number of nitrogens with one attached hydrogen (secondary N) is 2. The fourth-order valence-electron chi connectivity index (χ4n) is 0.973. The molecule has 1 rings (SSSR count). The highest BCUT2D eigenvalue weighted by Gasteiger charge is 2.10. The largest absolute Gasteiger partial charge is 0.372 e. The van der Waals surface area contributed by atoms with E-state index in [1.165, 1.54) is 12.1 Å². The van der Waals surface area contributed by atoms with E-state index in [0.717, 1.165) is 6.42 Å². The Balaban J connectivity index is 2.89. The van der Waals surface area contributed by atoms with Gasteiger partial charge in [0.05, 0.1) is 4.92 Å². The van der Waals surface area contributed by atoms with Crippen molar-refractivity contribution in [3.05, 3.63) is 32.6 Å². The average Bonchev–Trinajstić information content (AvgIpc) is 2.14. The molecular formula is C8H11N3O3. The van der Waals surface area contributed by atoms with Crippen LogP contribution >= 0.6 is 0 Å². The highest BCUT2D eigenvalue weighted by Crippen LogP contribution is 2.06. The lowest BCUT2D eigenvalue weighted by molar-refractivity contribution is -0.386. The molecule has 0 aliphatic heterocycles. The van der Waals surface area contributed by atoms with Crippen molar-refractivity contribution in [2.24, 2.45) is 0 Å².